The van der Waals surface area contributed by atoms with Crippen molar-refractivity contribution in [1.82, 2.24) is 15.2 Å². The normalized spacial score (nSPS) is 25.1. The number of pyridine rings is 1. The maximum Gasteiger partial charge on any atom is 0.319 e. The third-order valence-corrected chi connectivity index (χ3v) is 2.78. The van der Waals surface area contributed by atoms with E-state index in [4.69, 9.17) is 0 Å². The average molecular weight is 218 g/mol. The molecule has 0 aromatic carbocycles. The molecule has 5 nitrogen and oxygen atoms in total. The fraction of sp³-hybridized carbons (Fsp3) is 0.364. The molecule has 0 saturated carbocycles. The van der Waals surface area contributed by atoms with Gasteiger partial charge >= 0.3 is 6.03 Å². The molecule has 16 heavy (non-hydrogen) atoms. The standard InChI is InChI=1S/C11H14N4O/c1-11(8-13-10(16)15(11)2)14-7-9-4-3-5-12-6-9/h3-7H,8H2,1-2H3,(H,13,16). The van der Waals surface area contributed by atoms with Crippen molar-refractivity contribution in [3.8, 4) is 0 Å². The van der Waals surface area contributed by atoms with Crippen molar-refractivity contribution in [3.05, 3.63) is 30.1 Å². The Balaban J connectivity index is 2.16. The quantitative estimate of drug-likeness (QED) is 0.749. The average Bonchev–Trinajstić information content (AvgIpc) is 2.57. The number of aliphatic imine (C=N–C) groups is 1. The first-order chi connectivity index (χ1) is 7.62. The predicted molar refractivity (Wildman–Crippen MR) is 61.4 cm³/mol. The molecule has 1 N–H and O–H groups in total. The summed E-state index contributed by atoms with van der Waals surface area (Å²) in [5, 5.41) is 2.75. The first kappa shape index (κ1) is 10.6. The number of urea groups is 1. The van der Waals surface area contributed by atoms with E-state index in [9.17, 15) is 4.79 Å². The minimum atomic E-state index is -0.507. The van der Waals surface area contributed by atoms with Crippen molar-refractivity contribution in [2.45, 2.75) is 12.6 Å². The SMILES string of the molecule is CN1C(=O)NCC1(C)N=Cc1cccnc1. The highest BCUT2D eigenvalue weighted by atomic mass is 16.2. The topological polar surface area (TPSA) is 57.6 Å². The number of carbonyl (C=O) groups is 1. The number of hydrogen-bond donors (Lipinski definition) is 1. The Bertz CT molecular complexity index is 417. The van der Waals surface area contributed by atoms with E-state index < -0.39 is 5.66 Å². The summed E-state index contributed by atoms with van der Waals surface area (Å²) in [6.45, 7) is 2.44. The summed E-state index contributed by atoms with van der Waals surface area (Å²) in [4.78, 5) is 21.4. The lowest BCUT2D eigenvalue weighted by atomic mass is 10.2. The molecule has 1 aromatic heterocycles. The van der Waals surface area contributed by atoms with Crippen LogP contribution in [0.4, 0.5) is 4.79 Å². The summed E-state index contributed by atoms with van der Waals surface area (Å²) < 4.78 is 0. The van der Waals surface area contributed by atoms with E-state index in [2.05, 4.69) is 15.3 Å². The fourth-order valence-electron chi connectivity index (χ4n) is 1.50. The Labute approximate surface area is 94.2 Å². The molecule has 0 radical (unpaired) electrons. The van der Waals surface area contributed by atoms with Crippen LogP contribution < -0.4 is 5.32 Å². The predicted octanol–water partition coefficient (Wildman–Crippen LogP) is 0.872. The zero-order chi connectivity index (χ0) is 11.6. The van der Waals surface area contributed by atoms with Crippen molar-refractivity contribution in [1.29, 1.82) is 0 Å². The Kier molecular flexibility index (Phi) is 2.60. The van der Waals surface area contributed by atoms with Crippen LogP contribution in [0.25, 0.3) is 0 Å². The molecule has 0 aliphatic carbocycles. The molecule has 0 bridgehead atoms. The number of carbonyl (C=O) groups excluding carboxylic acids is 1. The molecule has 84 valence electrons. The lowest BCUT2D eigenvalue weighted by Gasteiger charge is -2.25. The van der Waals surface area contributed by atoms with Crippen LogP contribution in [0.3, 0.4) is 0 Å². The van der Waals surface area contributed by atoms with Crippen LogP contribution in [-0.2, 0) is 0 Å². The van der Waals surface area contributed by atoms with Crippen LogP contribution in [0.5, 0.6) is 0 Å². The summed E-state index contributed by atoms with van der Waals surface area (Å²) in [6, 6.07) is 3.68. The molecule has 2 rings (SSSR count). The Morgan fingerprint density at radius 2 is 2.50 bits per heavy atom. The van der Waals surface area contributed by atoms with Crippen LogP contribution >= 0.6 is 0 Å². The molecular formula is C11H14N4O. The monoisotopic (exact) mass is 218 g/mol. The second-order valence-electron chi connectivity index (χ2n) is 3.98. The highest BCUT2D eigenvalue weighted by molar-refractivity contribution is 5.81. The first-order valence-electron chi connectivity index (χ1n) is 5.09. The minimum Gasteiger partial charge on any atom is -0.334 e. The molecule has 1 aliphatic heterocycles. The molecule has 1 aromatic rings. The maximum absolute atomic E-state index is 11.3. The highest BCUT2D eigenvalue weighted by Crippen LogP contribution is 2.19. The number of amides is 2. The van der Waals surface area contributed by atoms with Gasteiger partial charge in [0.15, 0.2) is 0 Å². The van der Waals surface area contributed by atoms with E-state index in [1.807, 2.05) is 19.1 Å². The number of hydrogen-bond acceptors (Lipinski definition) is 3. The molecule has 5 heteroatoms. The largest absolute Gasteiger partial charge is 0.334 e. The second-order valence-corrected chi connectivity index (χ2v) is 3.98. The Hall–Kier alpha value is -1.91. The molecule has 1 atom stereocenters. The maximum atomic E-state index is 11.3. The Morgan fingerprint density at radius 3 is 3.06 bits per heavy atom. The van der Waals surface area contributed by atoms with Gasteiger partial charge in [-0.2, -0.15) is 0 Å². The van der Waals surface area contributed by atoms with Crippen molar-refractivity contribution in [3.63, 3.8) is 0 Å². The van der Waals surface area contributed by atoms with E-state index in [0.717, 1.165) is 5.56 Å². The zero-order valence-corrected chi connectivity index (χ0v) is 9.34. The molecule has 2 heterocycles. The minimum absolute atomic E-state index is 0.0918. The van der Waals surface area contributed by atoms with Crippen LogP contribution in [-0.4, -0.2) is 41.4 Å². The summed E-state index contributed by atoms with van der Waals surface area (Å²) in [7, 11) is 1.74. The summed E-state index contributed by atoms with van der Waals surface area (Å²) in [5.41, 5.74) is 0.420. The molecule has 1 fully saturated rings. The van der Waals surface area contributed by atoms with Gasteiger partial charge in [0.1, 0.15) is 5.66 Å². The van der Waals surface area contributed by atoms with Crippen molar-refractivity contribution < 1.29 is 4.79 Å². The number of nitrogens with one attached hydrogen (secondary N) is 1. The van der Waals surface area contributed by atoms with Gasteiger partial charge in [-0.05, 0) is 13.0 Å². The lowest BCUT2D eigenvalue weighted by molar-refractivity contribution is 0.193. The number of likely N-dealkylation sites (N-methyl/N-ethyl adjacent to an activating group) is 1. The van der Waals surface area contributed by atoms with Gasteiger partial charge < -0.3 is 10.2 Å². The molecule has 0 spiro atoms. The summed E-state index contributed by atoms with van der Waals surface area (Å²) >= 11 is 0. The van der Waals surface area contributed by atoms with Crippen LogP contribution in [0.15, 0.2) is 29.5 Å². The van der Waals surface area contributed by atoms with Gasteiger partial charge in [0, 0.05) is 31.2 Å². The molecular weight excluding hydrogens is 204 g/mol. The number of nitrogens with zero attached hydrogens (tertiary/aromatic N) is 3. The molecule has 2 amide bonds. The smallest absolute Gasteiger partial charge is 0.319 e. The summed E-state index contributed by atoms with van der Waals surface area (Å²) in [6.07, 6.45) is 5.19. The second kappa shape index (κ2) is 3.92. The summed E-state index contributed by atoms with van der Waals surface area (Å²) in [5.74, 6) is 0. The van der Waals surface area contributed by atoms with E-state index in [0.29, 0.717) is 6.54 Å². The van der Waals surface area contributed by atoms with Crippen molar-refractivity contribution >= 4 is 12.2 Å². The van der Waals surface area contributed by atoms with Gasteiger partial charge in [0.25, 0.3) is 0 Å². The first-order valence-corrected chi connectivity index (χ1v) is 5.09. The third kappa shape index (κ3) is 1.88. The number of rotatable bonds is 2. The van der Waals surface area contributed by atoms with Gasteiger partial charge in [-0.15, -0.1) is 0 Å². The molecule has 1 unspecified atom stereocenters. The van der Waals surface area contributed by atoms with E-state index in [1.54, 1.807) is 30.6 Å². The lowest BCUT2D eigenvalue weighted by Crippen LogP contribution is -2.40. The van der Waals surface area contributed by atoms with Crippen LogP contribution in [0.2, 0.25) is 0 Å². The third-order valence-electron chi connectivity index (χ3n) is 2.78. The molecule has 1 saturated heterocycles. The van der Waals surface area contributed by atoms with Crippen LogP contribution in [0, 0.1) is 0 Å². The Morgan fingerprint density at radius 1 is 1.69 bits per heavy atom. The fourth-order valence-corrected chi connectivity index (χ4v) is 1.50. The molecule has 1 aliphatic rings. The van der Waals surface area contributed by atoms with Gasteiger partial charge in [-0.3, -0.25) is 9.98 Å². The van der Waals surface area contributed by atoms with Crippen molar-refractivity contribution in [2.75, 3.05) is 13.6 Å². The van der Waals surface area contributed by atoms with Gasteiger partial charge in [-0.25, -0.2) is 4.79 Å². The van der Waals surface area contributed by atoms with Crippen molar-refractivity contribution in [2.24, 2.45) is 4.99 Å². The van der Waals surface area contributed by atoms with E-state index in [-0.39, 0.29) is 6.03 Å². The zero-order valence-electron chi connectivity index (χ0n) is 9.34. The van der Waals surface area contributed by atoms with Gasteiger partial charge in [-0.1, -0.05) is 6.07 Å². The van der Waals surface area contributed by atoms with Gasteiger partial charge in [0.2, 0.25) is 0 Å². The van der Waals surface area contributed by atoms with E-state index >= 15 is 0 Å². The number of aromatic nitrogens is 1. The highest BCUT2D eigenvalue weighted by Gasteiger charge is 2.38. The van der Waals surface area contributed by atoms with Gasteiger partial charge in [0.05, 0.1) is 6.54 Å². The van der Waals surface area contributed by atoms with E-state index in [1.165, 1.54) is 0 Å². The van der Waals surface area contributed by atoms with Crippen LogP contribution in [0.1, 0.15) is 12.5 Å².